The third kappa shape index (κ3) is 4.14. The largest absolute Gasteiger partial charge is 0.396 e. The Labute approximate surface area is 84.1 Å². The molecule has 0 atom stereocenters. The van der Waals surface area contributed by atoms with Gasteiger partial charge in [0.25, 0.3) is 0 Å². The van der Waals surface area contributed by atoms with Gasteiger partial charge in [0, 0.05) is 12.5 Å². The summed E-state index contributed by atoms with van der Waals surface area (Å²) in [7, 11) is 0. The molecule has 0 saturated heterocycles. The van der Waals surface area contributed by atoms with Gasteiger partial charge in [-0.25, -0.2) is 0 Å². The first-order valence-electron chi connectivity index (χ1n) is 5.06. The predicted molar refractivity (Wildman–Crippen MR) is 56.0 cm³/mol. The molecule has 2 nitrogen and oxygen atoms in total. The zero-order valence-corrected chi connectivity index (χ0v) is 8.81. The molecular formula is C10H18O2S. The van der Waals surface area contributed by atoms with Crippen LogP contribution in [0.5, 0.6) is 0 Å². The SMILES string of the molecule is O=C(CSCCCO)C1CCCC1. The molecule has 0 aliphatic heterocycles. The fourth-order valence-corrected chi connectivity index (χ4v) is 2.62. The monoisotopic (exact) mass is 202 g/mol. The van der Waals surface area contributed by atoms with Crippen LogP contribution in [0.3, 0.4) is 0 Å². The quantitative estimate of drug-likeness (QED) is 0.668. The Morgan fingerprint density at radius 1 is 1.38 bits per heavy atom. The maximum atomic E-state index is 11.5. The van der Waals surface area contributed by atoms with Crippen molar-refractivity contribution in [1.29, 1.82) is 0 Å². The molecule has 0 amide bonds. The van der Waals surface area contributed by atoms with Gasteiger partial charge in [-0.05, 0) is 25.0 Å². The van der Waals surface area contributed by atoms with Crippen molar-refractivity contribution < 1.29 is 9.90 Å². The highest BCUT2D eigenvalue weighted by Crippen LogP contribution is 2.26. The van der Waals surface area contributed by atoms with Crippen LogP contribution in [0.15, 0.2) is 0 Å². The molecule has 3 heteroatoms. The van der Waals surface area contributed by atoms with Crippen molar-refractivity contribution in [2.75, 3.05) is 18.1 Å². The van der Waals surface area contributed by atoms with E-state index in [1.807, 2.05) is 0 Å². The molecule has 0 aromatic heterocycles. The second-order valence-electron chi connectivity index (χ2n) is 3.58. The van der Waals surface area contributed by atoms with Crippen LogP contribution in [-0.4, -0.2) is 29.0 Å². The topological polar surface area (TPSA) is 37.3 Å². The molecule has 0 unspecified atom stereocenters. The summed E-state index contributed by atoms with van der Waals surface area (Å²) in [6.45, 7) is 0.241. The Kier molecular flexibility index (Phi) is 5.47. The van der Waals surface area contributed by atoms with Crippen LogP contribution in [-0.2, 0) is 4.79 Å². The highest BCUT2D eigenvalue weighted by Gasteiger charge is 2.21. The normalized spacial score (nSPS) is 17.9. The Morgan fingerprint density at radius 2 is 2.08 bits per heavy atom. The van der Waals surface area contributed by atoms with Crippen molar-refractivity contribution in [2.45, 2.75) is 32.1 Å². The van der Waals surface area contributed by atoms with Gasteiger partial charge < -0.3 is 5.11 Å². The second-order valence-corrected chi connectivity index (χ2v) is 4.68. The second kappa shape index (κ2) is 6.44. The smallest absolute Gasteiger partial charge is 0.145 e. The summed E-state index contributed by atoms with van der Waals surface area (Å²) in [5.41, 5.74) is 0. The van der Waals surface area contributed by atoms with Crippen molar-refractivity contribution in [3.05, 3.63) is 0 Å². The summed E-state index contributed by atoms with van der Waals surface area (Å²) >= 11 is 1.66. The van der Waals surface area contributed by atoms with Gasteiger partial charge >= 0.3 is 0 Å². The summed E-state index contributed by atoms with van der Waals surface area (Å²) in [4.78, 5) is 11.5. The van der Waals surface area contributed by atoms with Crippen molar-refractivity contribution in [3.8, 4) is 0 Å². The Morgan fingerprint density at radius 3 is 2.69 bits per heavy atom. The summed E-state index contributed by atoms with van der Waals surface area (Å²) in [6, 6.07) is 0. The molecule has 0 radical (unpaired) electrons. The molecular weight excluding hydrogens is 184 g/mol. The molecule has 1 fully saturated rings. The summed E-state index contributed by atoms with van der Waals surface area (Å²) in [6.07, 6.45) is 5.50. The molecule has 0 spiro atoms. The van der Waals surface area contributed by atoms with Gasteiger partial charge in [0.05, 0.1) is 5.75 Å². The van der Waals surface area contributed by atoms with E-state index in [4.69, 9.17) is 5.11 Å². The summed E-state index contributed by atoms with van der Waals surface area (Å²) in [5, 5.41) is 8.54. The van der Waals surface area contributed by atoms with Crippen molar-refractivity contribution in [3.63, 3.8) is 0 Å². The number of carbonyl (C=O) groups excluding carboxylic acids is 1. The van der Waals surface area contributed by atoms with Gasteiger partial charge in [-0.1, -0.05) is 12.8 Å². The molecule has 1 rings (SSSR count). The van der Waals surface area contributed by atoms with Crippen LogP contribution >= 0.6 is 11.8 Å². The van der Waals surface area contributed by atoms with E-state index in [0.29, 0.717) is 17.5 Å². The lowest BCUT2D eigenvalue weighted by Crippen LogP contribution is -2.13. The fraction of sp³-hybridized carbons (Fsp3) is 0.900. The minimum Gasteiger partial charge on any atom is -0.396 e. The number of hydrogen-bond donors (Lipinski definition) is 1. The maximum absolute atomic E-state index is 11.5. The lowest BCUT2D eigenvalue weighted by atomic mass is 10.0. The first-order chi connectivity index (χ1) is 6.34. The summed E-state index contributed by atoms with van der Waals surface area (Å²) in [5.74, 6) is 2.36. The molecule has 0 heterocycles. The number of aliphatic hydroxyl groups excluding tert-OH is 1. The van der Waals surface area contributed by atoms with Gasteiger partial charge in [-0.15, -0.1) is 0 Å². The molecule has 13 heavy (non-hydrogen) atoms. The van der Waals surface area contributed by atoms with E-state index in [1.165, 1.54) is 12.8 Å². The van der Waals surface area contributed by atoms with Crippen LogP contribution in [0.1, 0.15) is 32.1 Å². The minimum absolute atomic E-state index is 0.241. The lowest BCUT2D eigenvalue weighted by Gasteiger charge is -2.06. The van der Waals surface area contributed by atoms with Gasteiger partial charge in [0.1, 0.15) is 5.78 Å². The number of Topliss-reactive ketones (excluding diaryl/α,β-unsaturated/α-hetero) is 1. The Bertz CT molecular complexity index is 153. The van der Waals surface area contributed by atoms with Gasteiger partial charge in [0.2, 0.25) is 0 Å². The molecule has 1 aliphatic carbocycles. The van der Waals surface area contributed by atoms with Gasteiger partial charge in [-0.3, -0.25) is 4.79 Å². The average Bonchev–Trinajstić information content (AvgIpc) is 2.65. The van der Waals surface area contributed by atoms with Crippen LogP contribution in [0.2, 0.25) is 0 Å². The third-order valence-corrected chi connectivity index (χ3v) is 3.57. The van der Waals surface area contributed by atoms with Crippen LogP contribution in [0.25, 0.3) is 0 Å². The van der Waals surface area contributed by atoms with E-state index in [0.717, 1.165) is 25.0 Å². The molecule has 76 valence electrons. The molecule has 0 aromatic carbocycles. The average molecular weight is 202 g/mol. The molecule has 1 N–H and O–H groups in total. The van der Waals surface area contributed by atoms with Crippen LogP contribution in [0, 0.1) is 5.92 Å². The Hall–Kier alpha value is -0.0200. The zero-order chi connectivity index (χ0) is 9.52. The van der Waals surface area contributed by atoms with Crippen molar-refractivity contribution in [1.82, 2.24) is 0 Å². The molecule has 1 saturated carbocycles. The molecule has 1 aliphatic rings. The van der Waals surface area contributed by atoms with E-state index in [1.54, 1.807) is 11.8 Å². The van der Waals surface area contributed by atoms with Crippen LogP contribution in [0.4, 0.5) is 0 Å². The predicted octanol–water partition coefficient (Wildman–Crippen LogP) is 1.86. The van der Waals surface area contributed by atoms with Crippen molar-refractivity contribution >= 4 is 17.5 Å². The number of hydrogen-bond acceptors (Lipinski definition) is 3. The third-order valence-electron chi connectivity index (χ3n) is 2.50. The number of rotatable bonds is 6. The highest BCUT2D eigenvalue weighted by molar-refractivity contribution is 7.99. The molecule has 0 aromatic rings. The number of aliphatic hydroxyl groups is 1. The highest BCUT2D eigenvalue weighted by atomic mass is 32.2. The van der Waals surface area contributed by atoms with E-state index >= 15 is 0 Å². The lowest BCUT2D eigenvalue weighted by molar-refractivity contribution is -0.120. The van der Waals surface area contributed by atoms with E-state index in [2.05, 4.69) is 0 Å². The maximum Gasteiger partial charge on any atom is 0.145 e. The van der Waals surface area contributed by atoms with Gasteiger partial charge in [0.15, 0.2) is 0 Å². The molecule has 0 bridgehead atoms. The fourth-order valence-electron chi connectivity index (χ4n) is 1.71. The first-order valence-corrected chi connectivity index (χ1v) is 6.21. The summed E-state index contributed by atoms with van der Waals surface area (Å²) < 4.78 is 0. The van der Waals surface area contributed by atoms with Crippen LogP contribution < -0.4 is 0 Å². The standard InChI is InChI=1S/C10H18O2S/c11-6-3-7-13-8-10(12)9-4-1-2-5-9/h9,11H,1-8H2. The van der Waals surface area contributed by atoms with E-state index in [9.17, 15) is 4.79 Å². The number of carbonyl (C=O) groups is 1. The number of thioether (sulfide) groups is 1. The van der Waals surface area contributed by atoms with E-state index < -0.39 is 0 Å². The van der Waals surface area contributed by atoms with Gasteiger partial charge in [-0.2, -0.15) is 11.8 Å². The first kappa shape index (κ1) is 11.1. The minimum atomic E-state index is 0.241. The number of ketones is 1. The Balaban J connectivity index is 2.03. The van der Waals surface area contributed by atoms with E-state index in [-0.39, 0.29) is 6.61 Å². The zero-order valence-electron chi connectivity index (χ0n) is 8.00. The van der Waals surface area contributed by atoms with Crippen molar-refractivity contribution in [2.24, 2.45) is 5.92 Å².